The third-order valence-electron chi connectivity index (χ3n) is 4.47. The monoisotopic (exact) mass is 397 g/mol. The van der Waals surface area contributed by atoms with E-state index in [0.717, 1.165) is 28.8 Å². The molecule has 0 aromatic heterocycles. The van der Waals surface area contributed by atoms with Crippen molar-refractivity contribution in [2.75, 3.05) is 19.5 Å². The van der Waals surface area contributed by atoms with E-state index in [0.29, 0.717) is 11.5 Å². The zero-order chi connectivity index (χ0) is 21.4. The van der Waals surface area contributed by atoms with E-state index in [1.165, 1.54) is 13.2 Å². The fraction of sp³-hybridized carbons (Fsp3) is 0.304. The number of esters is 1. The fourth-order valence-corrected chi connectivity index (χ4v) is 2.81. The second-order valence-corrected chi connectivity index (χ2v) is 6.48. The predicted octanol–water partition coefficient (Wildman–Crippen LogP) is 4.16. The van der Waals surface area contributed by atoms with Gasteiger partial charge in [-0.15, -0.1) is 0 Å². The number of hydrogen-bond donors (Lipinski definition) is 1. The number of carbonyl (C=O) groups excluding carboxylic acids is 2. The minimum atomic E-state index is -0.929. The van der Waals surface area contributed by atoms with E-state index in [1.807, 2.05) is 32.0 Å². The third-order valence-corrected chi connectivity index (χ3v) is 4.47. The number of anilines is 1. The molecule has 0 aliphatic heterocycles. The molecule has 2 aromatic rings. The smallest absolute Gasteiger partial charge is 0.331 e. The van der Waals surface area contributed by atoms with Crippen LogP contribution in [0.3, 0.4) is 0 Å². The first-order valence-electron chi connectivity index (χ1n) is 9.39. The molecular weight excluding hydrogens is 370 g/mol. The van der Waals surface area contributed by atoms with Crippen LogP contribution in [0.2, 0.25) is 0 Å². The van der Waals surface area contributed by atoms with Crippen molar-refractivity contribution in [3.8, 4) is 11.5 Å². The van der Waals surface area contributed by atoms with Gasteiger partial charge in [-0.25, -0.2) is 4.79 Å². The molecular formula is C23H27NO5. The second kappa shape index (κ2) is 10.3. The van der Waals surface area contributed by atoms with Crippen LogP contribution in [-0.2, 0) is 20.7 Å². The van der Waals surface area contributed by atoms with Crippen LogP contribution in [0.1, 0.15) is 30.5 Å². The minimum absolute atomic E-state index is 0.373. The Hall–Kier alpha value is -3.28. The highest BCUT2D eigenvalue weighted by Crippen LogP contribution is 2.28. The van der Waals surface area contributed by atoms with Crippen molar-refractivity contribution in [3.05, 3.63) is 59.2 Å². The maximum absolute atomic E-state index is 12.5. The molecule has 1 atom stereocenters. The van der Waals surface area contributed by atoms with Crippen LogP contribution in [0.4, 0.5) is 5.69 Å². The van der Waals surface area contributed by atoms with Crippen molar-refractivity contribution in [1.82, 2.24) is 0 Å². The minimum Gasteiger partial charge on any atom is -0.493 e. The molecule has 2 aromatic carbocycles. The van der Waals surface area contributed by atoms with Gasteiger partial charge in [0.1, 0.15) is 0 Å². The fourth-order valence-electron chi connectivity index (χ4n) is 2.81. The van der Waals surface area contributed by atoms with Crippen LogP contribution in [0.15, 0.2) is 42.5 Å². The summed E-state index contributed by atoms with van der Waals surface area (Å²) in [6.45, 7) is 5.49. The first-order chi connectivity index (χ1) is 13.9. The number of carbonyl (C=O) groups is 2. The molecule has 0 bridgehead atoms. The van der Waals surface area contributed by atoms with Gasteiger partial charge in [0.25, 0.3) is 5.91 Å². The lowest BCUT2D eigenvalue weighted by atomic mass is 10.1. The van der Waals surface area contributed by atoms with Gasteiger partial charge >= 0.3 is 5.97 Å². The molecule has 6 nitrogen and oxygen atoms in total. The Labute approximate surface area is 171 Å². The molecule has 0 aliphatic rings. The lowest BCUT2D eigenvalue weighted by molar-refractivity contribution is -0.148. The van der Waals surface area contributed by atoms with Gasteiger partial charge in [0.05, 0.1) is 14.2 Å². The quantitative estimate of drug-likeness (QED) is 0.535. The van der Waals surface area contributed by atoms with E-state index in [1.54, 1.807) is 38.3 Å². The van der Waals surface area contributed by atoms with Crippen LogP contribution < -0.4 is 14.8 Å². The maximum Gasteiger partial charge on any atom is 0.331 e. The van der Waals surface area contributed by atoms with Crippen molar-refractivity contribution >= 4 is 23.6 Å². The number of aryl methyl sites for hydroxylation is 2. The number of rotatable bonds is 8. The Morgan fingerprint density at radius 3 is 2.48 bits per heavy atom. The van der Waals surface area contributed by atoms with Gasteiger partial charge in [0.15, 0.2) is 17.6 Å². The molecule has 0 unspecified atom stereocenters. The van der Waals surface area contributed by atoms with Crippen LogP contribution in [0.25, 0.3) is 6.08 Å². The number of amides is 1. The van der Waals surface area contributed by atoms with E-state index < -0.39 is 12.1 Å². The highest BCUT2D eigenvalue weighted by Gasteiger charge is 2.18. The molecule has 154 valence electrons. The van der Waals surface area contributed by atoms with Gasteiger partial charge in [-0.05, 0) is 55.2 Å². The number of ether oxygens (including phenoxy) is 3. The summed E-state index contributed by atoms with van der Waals surface area (Å²) in [5.74, 6) is 0.172. The summed E-state index contributed by atoms with van der Waals surface area (Å²) in [5.41, 5.74) is 3.50. The SMILES string of the molecule is CCc1cccc(C)c1NC(=O)[C@@H](C)OC(=O)/C=C/c1ccc(OC)c(OC)c1. The number of hydrogen-bond acceptors (Lipinski definition) is 5. The first-order valence-corrected chi connectivity index (χ1v) is 9.39. The van der Waals surface area contributed by atoms with Gasteiger partial charge in [-0.1, -0.05) is 31.2 Å². The van der Waals surface area contributed by atoms with Crippen molar-refractivity contribution in [1.29, 1.82) is 0 Å². The van der Waals surface area contributed by atoms with Gasteiger partial charge in [0, 0.05) is 11.8 Å². The number of benzene rings is 2. The van der Waals surface area contributed by atoms with E-state index in [9.17, 15) is 9.59 Å². The van der Waals surface area contributed by atoms with Crippen LogP contribution >= 0.6 is 0 Å². The summed E-state index contributed by atoms with van der Waals surface area (Å²) in [7, 11) is 3.09. The molecule has 29 heavy (non-hydrogen) atoms. The summed E-state index contributed by atoms with van der Waals surface area (Å²) in [4.78, 5) is 24.6. The maximum atomic E-state index is 12.5. The number of methoxy groups -OCH3 is 2. The summed E-state index contributed by atoms with van der Waals surface area (Å²) in [6, 6.07) is 11.1. The topological polar surface area (TPSA) is 73.9 Å². The Morgan fingerprint density at radius 2 is 1.83 bits per heavy atom. The molecule has 0 saturated carbocycles. The van der Waals surface area contributed by atoms with Gasteiger partial charge in [-0.2, -0.15) is 0 Å². The lowest BCUT2D eigenvalue weighted by Gasteiger charge is -2.16. The lowest BCUT2D eigenvalue weighted by Crippen LogP contribution is -2.30. The van der Waals surface area contributed by atoms with Crippen LogP contribution in [0, 0.1) is 6.92 Å². The van der Waals surface area contributed by atoms with E-state index in [4.69, 9.17) is 14.2 Å². The molecule has 1 N–H and O–H groups in total. The second-order valence-electron chi connectivity index (χ2n) is 6.48. The molecule has 1 amide bonds. The van der Waals surface area contributed by atoms with E-state index in [2.05, 4.69) is 5.32 Å². The molecule has 6 heteroatoms. The first kappa shape index (κ1) is 22.0. The van der Waals surface area contributed by atoms with Crippen molar-refractivity contribution in [2.45, 2.75) is 33.3 Å². The molecule has 2 rings (SSSR count). The predicted molar refractivity (Wildman–Crippen MR) is 113 cm³/mol. The van der Waals surface area contributed by atoms with Crippen molar-refractivity contribution in [2.24, 2.45) is 0 Å². The molecule has 0 heterocycles. The Bertz CT molecular complexity index is 904. The molecule has 0 aliphatic carbocycles. The zero-order valence-electron chi connectivity index (χ0n) is 17.4. The summed E-state index contributed by atoms with van der Waals surface area (Å²) < 4.78 is 15.6. The van der Waals surface area contributed by atoms with Gasteiger partial charge in [0.2, 0.25) is 0 Å². The third kappa shape index (κ3) is 5.85. The van der Waals surface area contributed by atoms with Gasteiger partial charge in [-0.3, -0.25) is 4.79 Å². The van der Waals surface area contributed by atoms with Crippen molar-refractivity contribution < 1.29 is 23.8 Å². The average molecular weight is 397 g/mol. The van der Waals surface area contributed by atoms with Crippen LogP contribution in [0.5, 0.6) is 11.5 Å². The zero-order valence-corrected chi connectivity index (χ0v) is 17.4. The van der Waals surface area contributed by atoms with Gasteiger partial charge < -0.3 is 19.5 Å². The Kier molecular flexibility index (Phi) is 7.83. The number of para-hydroxylation sites is 1. The molecule has 0 spiro atoms. The van der Waals surface area contributed by atoms with E-state index >= 15 is 0 Å². The van der Waals surface area contributed by atoms with Crippen molar-refractivity contribution in [3.63, 3.8) is 0 Å². The van der Waals surface area contributed by atoms with Crippen LogP contribution in [-0.4, -0.2) is 32.2 Å². The highest BCUT2D eigenvalue weighted by atomic mass is 16.5. The standard InChI is InChI=1S/C23H27NO5/c1-6-18-9-7-8-15(2)22(18)24-23(26)16(3)29-21(25)13-11-17-10-12-19(27-4)20(14-17)28-5/h7-14,16H,6H2,1-5H3,(H,24,26)/b13-11+/t16-/m1/s1. The average Bonchev–Trinajstić information content (AvgIpc) is 2.73. The molecule has 0 fully saturated rings. The molecule has 0 saturated heterocycles. The number of nitrogens with one attached hydrogen (secondary N) is 1. The summed E-state index contributed by atoms with van der Waals surface area (Å²) in [6.07, 6.45) is 2.73. The molecule has 0 radical (unpaired) electrons. The van der Waals surface area contributed by atoms with E-state index in [-0.39, 0.29) is 5.91 Å². The summed E-state index contributed by atoms with van der Waals surface area (Å²) in [5, 5.41) is 2.87. The normalized spacial score (nSPS) is 11.8. The highest BCUT2D eigenvalue weighted by molar-refractivity contribution is 5.97. The largest absolute Gasteiger partial charge is 0.493 e. The summed E-state index contributed by atoms with van der Waals surface area (Å²) >= 11 is 0. The Morgan fingerprint density at radius 1 is 1.10 bits per heavy atom. The Balaban J connectivity index is 2.00.